The molecule has 0 aliphatic carbocycles. The molecule has 0 saturated heterocycles. The molecule has 0 heterocycles. The maximum absolute atomic E-state index is 13.8. The van der Waals surface area contributed by atoms with Crippen molar-refractivity contribution in [1.82, 2.24) is 4.90 Å². The van der Waals surface area contributed by atoms with Gasteiger partial charge in [-0.15, -0.1) is 0 Å². The Morgan fingerprint density at radius 2 is 1.55 bits per heavy atom. The summed E-state index contributed by atoms with van der Waals surface area (Å²) < 4.78 is 49.2. The lowest BCUT2D eigenvalue weighted by atomic mass is 9.96. The van der Waals surface area contributed by atoms with Crippen molar-refractivity contribution in [2.24, 2.45) is 0 Å². The molecule has 0 aromatic heterocycles. The number of hydrogen-bond donors (Lipinski definition) is 1. The molecular formula is C29H31F3N2O4. The smallest absolute Gasteiger partial charge is 0.416 e. The van der Waals surface area contributed by atoms with E-state index in [4.69, 9.17) is 9.47 Å². The topological polar surface area (TPSA) is 67.9 Å². The standard InChI is InChI=1S/C29H31F3N2O4/c1-4-17-34(18-16-20-10-12-22(13-11-20)29(30,31)32)28(36)26(21-8-6-5-7-9-21)27(35)33-23-14-15-24(37-2)25(19-23)38-3/h5-15,19,26H,4,16-18H2,1-3H3,(H,33,35). The van der Waals surface area contributed by atoms with E-state index >= 15 is 0 Å². The van der Waals surface area contributed by atoms with Crippen LogP contribution in [0.2, 0.25) is 0 Å². The minimum Gasteiger partial charge on any atom is -0.493 e. The van der Waals surface area contributed by atoms with E-state index in [1.807, 2.05) is 6.92 Å². The Labute approximate surface area is 220 Å². The summed E-state index contributed by atoms with van der Waals surface area (Å²) in [6.45, 7) is 2.57. The molecule has 1 N–H and O–H groups in total. The number of rotatable bonds is 11. The third-order valence-electron chi connectivity index (χ3n) is 6.05. The number of benzene rings is 3. The summed E-state index contributed by atoms with van der Waals surface area (Å²) in [5.74, 6) is -1.09. The SMILES string of the molecule is CCCN(CCc1ccc(C(F)(F)F)cc1)C(=O)C(C(=O)Nc1ccc(OC)c(OC)c1)c1ccccc1. The highest BCUT2D eigenvalue weighted by atomic mass is 19.4. The highest BCUT2D eigenvalue weighted by Crippen LogP contribution is 2.31. The molecule has 3 aromatic rings. The van der Waals surface area contributed by atoms with Crippen LogP contribution in [0.3, 0.4) is 0 Å². The van der Waals surface area contributed by atoms with Crippen LogP contribution >= 0.6 is 0 Å². The number of anilines is 1. The lowest BCUT2D eigenvalue weighted by molar-refractivity contribution is -0.138. The van der Waals surface area contributed by atoms with Crippen molar-refractivity contribution >= 4 is 17.5 Å². The average molecular weight is 529 g/mol. The van der Waals surface area contributed by atoms with E-state index in [-0.39, 0.29) is 12.5 Å². The van der Waals surface area contributed by atoms with Gasteiger partial charge in [-0.2, -0.15) is 13.2 Å². The summed E-state index contributed by atoms with van der Waals surface area (Å²) in [5.41, 5.74) is 0.913. The molecule has 202 valence electrons. The number of amides is 2. The van der Waals surface area contributed by atoms with Gasteiger partial charge >= 0.3 is 6.18 Å². The molecule has 3 rings (SSSR count). The highest BCUT2D eigenvalue weighted by Gasteiger charge is 2.33. The summed E-state index contributed by atoms with van der Waals surface area (Å²) in [7, 11) is 2.99. The van der Waals surface area contributed by atoms with Gasteiger partial charge in [-0.05, 0) is 48.2 Å². The summed E-state index contributed by atoms with van der Waals surface area (Å²) in [6.07, 6.45) is -3.41. The van der Waals surface area contributed by atoms with Crippen molar-refractivity contribution in [2.45, 2.75) is 31.9 Å². The van der Waals surface area contributed by atoms with Crippen LogP contribution < -0.4 is 14.8 Å². The molecule has 38 heavy (non-hydrogen) atoms. The fourth-order valence-electron chi connectivity index (χ4n) is 4.09. The van der Waals surface area contributed by atoms with E-state index in [9.17, 15) is 22.8 Å². The monoisotopic (exact) mass is 528 g/mol. The molecule has 9 heteroatoms. The van der Waals surface area contributed by atoms with Crippen molar-refractivity contribution in [3.63, 3.8) is 0 Å². The molecule has 2 amide bonds. The van der Waals surface area contributed by atoms with Crippen LogP contribution in [0.15, 0.2) is 72.8 Å². The fraction of sp³-hybridized carbons (Fsp3) is 0.310. The molecule has 0 saturated carbocycles. The van der Waals surface area contributed by atoms with Crippen molar-refractivity contribution in [3.8, 4) is 11.5 Å². The number of nitrogens with one attached hydrogen (secondary N) is 1. The van der Waals surface area contributed by atoms with Crippen LogP contribution in [0.4, 0.5) is 18.9 Å². The van der Waals surface area contributed by atoms with Gasteiger partial charge in [0.2, 0.25) is 11.8 Å². The first-order chi connectivity index (χ1) is 18.2. The van der Waals surface area contributed by atoms with Gasteiger partial charge < -0.3 is 19.7 Å². The molecule has 0 spiro atoms. The number of methoxy groups -OCH3 is 2. The van der Waals surface area contributed by atoms with Gasteiger partial charge in [0.15, 0.2) is 11.5 Å². The first-order valence-corrected chi connectivity index (χ1v) is 12.2. The van der Waals surface area contributed by atoms with Crippen molar-refractivity contribution in [1.29, 1.82) is 0 Å². The van der Waals surface area contributed by atoms with Crippen LogP contribution in [0.1, 0.15) is 36.0 Å². The van der Waals surface area contributed by atoms with Gasteiger partial charge in [0.1, 0.15) is 5.92 Å². The maximum atomic E-state index is 13.8. The van der Waals surface area contributed by atoms with E-state index < -0.39 is 23.6 Å². The number of carbonyl (C=O) groups excluding carboxylic acids is 2. The lowest BCUT2D eigenvalue weighted by Gasteiger charge is -2.27. The second kappa shape index (κ2) is 13.0. The number of alkyl halides is 3. The molecule has 3 aromatic carbocycles. The van der Waals surface area contributed by atoms with E-state index in [0.29, 0.717) is 47.7 Å². The van der Waals surface area contributed by atoms with Crippen LogP contribution in [0.25, 0.3) is 0 Å². The van der Waals surface area contributed by atoms with Gasteiger partial charge in [-0.1, -0.05) is 49.4 Å². The molecule has 0 aliphatic rings. The largest absolute Gasteiger partial charge is 0.493 e. The zero-order chi connectivity index (χ0) is 27.7. The minimum absolute atomic E-state index is 0.255. The second-order valence-electron chi connectivity index (χ2n) is 8.67. The number of nitrogens with zero attached hydrogens (tertiary/aromatic N) is 1. The van der Waals surface area contributed by atoms with E-state index in [0.717, 1.165) is 12.1 Å². The molecule has 1 atom stereocenters. The molecule has 0 fully saturated rings. The van der Waals surface area contributed by atoms with Crippen LogP contribution in [0, 0.1) is 0 Å². The third-order valence-corrected chi connectivity index (χ3v) is 6.05. The van der Waals surface area contributed by atoms with E-state index in [1.165, 1.54) is 26.4 Å². The molecule has 1 unspecified atom stereocenters. The second-order valence-corrected chi connectivity index (χ2v) is 8.67. The summed E-state index contributed by atoms with van der Waals surface area (Å²) in [4.78, 5) is 28.8. The Morgan fingerprint density at radius 1 is 0.895 bits per heavy atom. The van der Waals surface area contributed by atoms with Gasteiger partial charge in [0, 0.05) is 24.8 Å². The molecular weight excluding hydrogens is 497 g/mol. The Balaban J connectivity index is 1.83. The number of hydrogen-bond acceptors (Lipinski definition) is 4. The molecule has 6 nitrogen and oxygen atoms in total. The quantitative estimate of drug-likeness (QED) is 0.314. The zero-order valence-electron chi connectivity index (χ0n) is 21.5. The zero-order valence-corrected chi connectivity index (χ0v) is 21.5. The Hall–Kier alpha value is -4.01. The average Bonchev–Trinajstić information content (AvgIpc) is 2.91. The van der Waals surface area contributed by atoms with Crippen molar-refractivity contribution in [3.05, 3.63) is 89.5 Å². The van der Waals surface area contributed by atoms with Gasteiger partial charge in [-0.3, -0.25) is 9.59 Å². The predicted molar refractivity (Wildman–Crippen MR) is 139 cm³/mol. The third kappa shape index (κ3) is 7.27. The summed E-state index contributed by atoms with van der Waals surface area (Å²) >= 11 is 0. The number of carbonyl (C=O) groups is 2. The summed E-state index contributed by atoms with van der Waals surface area (Å²) in [5, 5.41) is 2.81. The van der Waals surface area contributed by atoms with Gasteiger partial charge in [-0.25, -0.2) is 0 Å². The van der Waals surface area contributed by atoms with Crippen molar-refractivity contribution < 1.29 is 32.2 Å². The van der Waals surface area contributed by atoms with Gasteiger partial charge in [0.05, 0.1) is 19.8 Å². The Bertz CT molecular complexity index is 1210. The first-order valence-electron chi connectivity index (χ1n) is 12.2. The minimum atomic E-state index is -4.41. The molecule has 0 aliphatic heterocycles. The lowest BCUT2D eigenvalue weighted by Crippen LogP contribution is -2.41. The highest BCUT2D eigenvalue weighted by molar-refractivity contribution is 6.11. The molecule has 0 bridgehead atoms. The Morgan fingerprint density at radius 3 is 2.13 bits per heavy atom. The van der Waals surface area contributed by atoms with Crippen molar-refractivity contribution in [2.75, 3.05) is 32.6 Å². The van der Waals surface area contributed by atoms with Crippen LogP contribution in [0.5, 0.6) is 11.5 Å². The fourth-order valence-corrected chi connectivity index (χ4v) is 4.09. The van der Waals surface area contributed by atoms with Gasteiger partial charge in [0.25, 0.3) is 0 Å². The summed E-state index contributed by atoms with van der Waals surface area (Å²) in [6, 6.07) is 18.6. The maximum Gasteiger partial charge on any atom is 0.416 e. The first kappa shape index (κ1) is 28.6. The normalized spacial score (nSPS) is 11.9. The van der Waals surface area contributed by atoms with E-state index in [2.05, 4.69) is 5.32 Å². The Kier molecular flexibility index (Phi) is 9.76. The number of halogens is 3. The molecule has 0 radical (unpaired) electrons. The van der Waals surface area contributed by atoms with Crippen LogP contribution in [-0.2, 0) is 22.2 Å². The number of ether oxygens (including phenoxy) is 2. The van der Waals surface area contributed by atoms with E-state index in [1.54, 1.807) is 53.4 Å². The predicted octanol–water partition coefficient (Wildman–Crippen LogP) is 5.93. The van der Waals surface area contributed by atoms with Crippen LogP contribution in [-0.4, -0.2) is 44.0 Å².